The fraction of sp³-hybridized carbons (Fsp3) is 0.429. The number of allylic oxidation sites excluding steroid dienone is 2. The average Bonchev–Trinajstić information content (AvgIpc) is 3.41. The Hall–Kier alpha value is -2.63. The van der Waals surface area contributed by atoms with Crippen molar-refractivity contribution in [2.45, 2.75) is 107 Å². The number of ketones is 1. The number of fused-ring (bicyclic) bond motifs is 4. The summed E-state index contributed by atoms with van der Waals surface area (Å²) in [7, 11) is -1.45. The number of thiophene rings is 1. The second-order valence-corrected chi connectivity index (χ2v) is 20.4. The Bertz CT molecular complexity index is 1910. The van der Waals surface area contributed by atoms with Gasteiger partial charge in [-0.1, -0.05) is 108 Å². The van der Waals surface area contributed by atoms with Gasteiger partial charge in [-0.05, 0) is 67.5 Å². The summed E-state index contributed by atoms with van der Waals surface area (Å²) in [6.07, 6.45) is 6.88. The first kappa shape index (κ1) is 39.8. The quantitative estimate of drug-likeness (QED) is 0.0659. The van der Waals surface area contributed by atoms with Gasteiger partial charge >= 0.3 is 0 Å². The van der Waals surface area contributed by atoms with Crippen LogP contribution in [-0.4, -0.2) is 23.9 Å². The number of aliphatic hydroxyl groups excluding tert-OH is 1. The number of rotatable bonds is 10. The Kier molecular flexibility index (Phi) is 14.0. The van der Waals surface area contributed by atoms with E-state index < -0.39 is 8.07 Å². The third-order valence-electron chi connectivity index (χ3n) is 9.70. The average molecular weight is 857 g/mol. The number of pyridine rings is 1. The molecule has 1 N–H and O–H groups in total. The molecule has 0 saturated heterocycles. The molecule has 259 valence electrons. The summed E-state index contributed by atoms with van der Waals surface area (Å²) in [5.41, 5.74) is 6.19. The molecule has 0 unspecified atom stereocenters. The van der Waals surface area contributed by atoms with E-state index in [1.165, 1.54) is 53.7 Å². The van der Waals surface area contributed by atoms with Crippen molar-refractivity contribution >= 4 is 61.3 Å². The zero-order valence-electron chi connectivity index (χ0n) is 30.8. The Morgan fingerprint density at radius 2 is 1.48 bits per heavy atom. The number of hydrogen-bond acceptors (Lipinski definition) is 4. The molecule has 1 radical (unpaired) electrons. The first-order valence-corrected chi connectivity index (χ1v) is 21.8. The van der Waals surface area contributed by atoms with Crippen LogP contribution in [0.15, 0.2) is 60.5 Å². The Morgan fingerprint density at radius 3 is 2.06 bits per heavy atom. The van der Waals surface area contributed by atoms with Crippen LogP contribution >= 0.6 is 11.3 Å². The van der Waals surface area contributed by atoms with Crippen LogP contribution in [0.1, 0.15) is 89.8 Å². The first-order chi connectivity index (χ1) is 22.2. The molecule has 3 nitrogen and oxygen atoms in total. The molecule has 0 atom stereocenters. The van der Waals surface area contributed by atoms with Crippen LogP contribution < -0.4 is 5.19 Å². The van der Waals surface area contributed by atoms with E-state index in [1.54, 1.807) is 5.19 Å². The van der Waals surface area contributed by atoms with Gasteiger partial charge in [0.25, 0.3) is 0 Å². The Balaban J connectivity index is 0.000000334. The van der Waals surface area contributed by atoms with Gasteiger partial charge in [0.05, 0.1) is 13.8 Å². The van der Waals surface area contributed by atoms with E-state index in [9.17, 15) is 9.90 Å². The molecule has 0 bridgehead atoms. The minimum Gasteiger partial charge on any atom is -0.512 e. The van der Waals surface area contributed by atoms with Gasteiger partial charge in [-0.25, -0.2) is 0 Å². The number of carbonyl (C=O) groups is 1. The molecular formula is C42H54IrNO2SSi-. The van der Waals surface area contributed by atoms with Crippen LogP contribution in [0, 0.1) is 31.7 Å². The topological polar surface area (TPSA) is 50.2 Å². The molecule has 3 aromatic carbocycles. The first-order valence-electron chi connectivity index (χ1n) is 17.5. The van der Waals surface area contributed by atoms with Gasteiger partial charge in [0, 0.05) is 59.3 Å². The number of hydrogen-bond donors (Lipinski definition) is 1. The van der Waals surface area contributed by atoms with Gasteiger partial charge in [-0.15, -0.1) is 40.5 Å². The molecule has 5 aromatic rings. The number of benzene rings is 3. The van der Waals surface area contributed by atoms with Crippen LogP contribution in [0.4, 0.5) is 0 Å². The van der Waals surface area contributed by atoms with Crippen molar-refractivity contribution in [3.05, 3.63) is 83.3 Å². The van der Waals surface area contributed by atoms with Gasteiger partial charge in [-0.3, -0.25) is 9.78 Å². The van der Waals surface area contributed by atoms with Crippen LogP contribution in [0.2, 0.25) is 19.6 Å². The maximum atomic E-state index is 11.7. The molecule has 0 aliphatic carbocycles. The van der Waals surface area contributed by atoms with E-state index in [4.69, 9.17) is 4.98 Å². The predicted molar refractivity (Wildman–Crippen MR) is 209 cm³/mol. The Morgan fingerprint density at radius 1 is 0.875 bits per heavy atom. The van der Waals surface area contributed by atoms with Crippen LogP contribution in [-0.2, 0) is 24.9 Å². The van der Waals surface area contributed by atoms with E-state index >= 15 is 0 Å². The fourth-order valence-electron chi connectivity index (χ4n) is 6.46. The summed E-state index contributed by atoms with van der Waals surface area (Å²) < 4.78 is 2.72. The van der Waals surface area contributed by atoms with Gasteiger partial charge in [0.2, 0.25) is 0 Å². The second kappa shape index (κ2) is 16.9. The zero-order chi connectivity index (χ0) is 34.6. The van der Waals surface area contributed by atoms with Gasteiger partial charge < -0.3 is 5.11 Å². The van der Waals surface area contributed by atoms with E-state index in [-0.39, 0.29) is 43.5 Å². The molecule has 5 rings (SSSR count). The van der Waals surface area contributed by atoms with Crippen LogP contribution in [0.5, 0.6) is 0 Å². The summed E-state index contributed by atoms with van der Waals surface area (Å²) >= 11 is 1.91. The Labute approximate surface area is 307 Å². The van der Waals surface area contributed by atoms with Crippen molar-refractivity contribution in [3.63, 3.8) is 0 Å². The largest absolute Gasteiger partial charge is 0.512 e. The van der Waals surface area contributed by atoms with Gasteiger partial charge in [-0.2, -0.15) is 0 Å². The monoisotopic (exact) mass is 857 g/mol. The normalized spacial score (nSPS) is 12.2. The summed E-state index contributed by atoms with van der Waals surface area (Å²) in [4.78, 5) is 16.6. The van der Waals surface area contributed by atoms with Crippen molar-refractivity contribution in [1.82, 2.24) is 4.98 Å². The fourth-order valence-corrected chi connectivity index (χ4v) is 10.2. The number of aromatic nitrogens is 1. The number of carbonyl (C=O) groups excluding carboxylic acids is 1. The molecule has 0 fully saturated rings. The smallest absolute Gasteiger partial charge is 0.162 e. The van der Waals surface area contributed by atoms with Crippen molar-refractivity contribution in [3.8, 4) is 11.3 Å². The predicted octanol–water partition coefficient (Wildman–Crippen LogP) is 12.2. The van der Waals surface area contributed by atoms with Gasteiger partial charge in [0.1, 0.15) is 0 Å². The number of aliphatic hydroxyl groups is 1. The SMILES string of the molecule is CCC(CC)C(=O)/C=C(\O)C(CC)CC.Cc1cc2[c-]c(-c3nccc4c3sc3c([Si](C)(C)C)cccc34)cc(C(C)C)c2cc1C.[Ir]. The molecule has 0 amide bonds. The van der Waals surface area contributed by atoms with Gasteiger partial charge in [0.15, 0.2) is 5.78 Å². The summed E-state index contributed by atoms with van der Waals surface area (Å²) in [5, 5.41) is 16.5. The standard InChI is InChI=1S/C29H30NSSi.C13H24O2.Ir/c1-17(2)24-16-21(15-20-13-18(3)19(4)14-25(20)24)27-29-23(11-12-30-27)22-9-8-10-26(28(22)31-29)32(5,6)7;1-5-10(6-2)12(14)9-13(15)11(7-3)8-4;/h8-14,16-17H,1-7H3;9-11,14H,5-8H2,1-4H3;/q-1;;/b;12-9-;. The number of aryl methyl sites for hydroxylation is 2. The minimum absolute atomic E-state index is 0. The maximum absolute atomic E-state index is 11.7. The summed E-state index contributed by atoms with van der Waals surface area (Å²) in [5.74, 6) is 0.985. The van der Waals surface area contributed by atoms with Crippen LogP contribution in [0.25, 0.3) is 42.2 Å². The zero-order valence-corrected chi connectivity index (χ0v) is 35.0. The van der Waals surface area contributed by atoms with Crippen molar-refractivity contribution in [2.75, 3.05) is 0 Å². The number of nitrogens with zero attached hydrogens (tertiary/aromatic N) is 1. The summed E-state index contributed by atoms with van der Waals surface area (Å²) in [6, 6.07) is 19.7. The molecule has 0 aliphatic heterocycles. The van der Waals surface area contributed by atoms with E-state index in [0.717, 1.165) is 36.9 Å². The third kappa shape index (κ3) is 8.56. The molecule has 2 heterocycles. The van der Waals surface area contributed by atoms with E-state index in [0.29, 0.717) is 5.92 Å². The molecule has 0 spiro atoms. The van der Waals surface area contributed by atoms with Crippen LogP contribution in [0.3, 0.4) is 0 Å². The van der Waals surface area contributed by atoms with Crippen molar-refractivity contribution < 1.29 is 30.0 Å². The minimum atomic E-state index is -1.45. The molecular weight excluding hydrogens is 803 g/mol. The van der Waals surface area contributed by atoms with Crippen molar-refractivity contribution in [1.29, 1.82) is 0 Å². The second-order valence-electron chi connectivity index (χ2n) is 14.3. The summed E-state index contributed by atoms with van der Waals surface area (Å²) in [6.45, 7) is 24.3. The molecule has 2 aromatic heterocycles. The third-order valence-corrected chi connectivity index (χ3v) is 13.2. The molecule has 0 saturated carbocycles. The molecule has 48 heavy (non-hydrogen) atoms. The molecule has 6 heteroatoms. The van der Waals surface area contributed by atoms with E-state index in [1.807, 2.05) is 45.2 Å². The van der Waals surface area contributed by atoms with Crippen molar-refractivity contribution in [2.24, 2.45) is 11.8 Å². The maximum Gasteiger partial charge on any atom is 0.162 e. The molecule has 0 aliphatic rings. The van der Waals surface area contributed by atoms with E-state index in [2.05, 4.69) is 95.9 Å².